The Morgan fingerprint density at radius 2 is 2.25 bits per heavy atom. The summed E-state index contributed by atoms with van der Waals surface area (Å²) in [5, 5.41) is 13.0. The smallest absolute Gasteiger partial charge is 0.240 e. The van der Waals surface area contributed by atoms with Gasteiger partial charge in [-0.1, -0.05) is 19.4 Å². The molecule has 0 aliphatic heterocycles. The number of nitriles is 1. The third kappa shape index (κ3) is 3.18. The minimum Gasteiger partial charge on any atom is -0.352 e. The van der Waals surface area contributed by atoms with E-state index in [0.29, 0.717) is 5.56 Å². The van der Waals surface area contributed by atoms with Crippen molar-refractivity contribution in [1.82, 2.24) is 9.88 Å². The molecule has 4 heteroatoms. The van der Waals surface area contributed by atoms with Gasteiger partial charge in [0.05, 0.1) is 11.6 Å². The first-order chi connectivity index (χ1) is 9.63. The van der Waals surface area contributed by atoms with Crippen LogP contribution in [0.2, 0.25) is 0 Å². The van der Waals surface area contributed by atoms with E-state index >= 15 is 0 Å². The average molecular weight is 269 g/mol. The maximum Gasteiger partial charge on any atom is 0.240 e. The van der Waals surface area contributed by atoms with Crippen molar-refractivity contribution in [1.29, 1.82) is 5.26 Å². The van der Waals surface area contributed by atoms with E-state index < -0.39 is 0 Å². The highest BCUT2D eigenvalue weighted by molar-refractivity contribution is 5.84. The summed E-state index contributed by atoms with van der Waals surface area (Å²) in [6, 6.07) is 9.79. The van der Waals surface area contributed by atoms with E-state index in [9.17, 15) is 4.79 Å². The molecule has 1 aromatic heterocycles. The molecule has 0 fully saturated rings. The summed E-state index contributed by atoms with van der Waals surface area (Å²) >= 11 is 0. The summed E-state index contributed by atoms with van der Waals surface area (Å²) in [7, 11) is 0. The van der Waals surface area contributed by atoms with Gasteiger partial charge in [0.2, 0.25) is 5.91 Å². The minimum atomic E-state index is 0.00538. The Kier molecular flexibility index (Phi) is 4.41. The number of rotatable bonds is 5. The Balaban J connectivity index is 2.13. The van der Waals surface area contributed by atoms with Crippen molar-refractivity contribution in [2.24, 2.45) is 0 Å². The Labute approximate surface area is 119 Å². The molecule has 104 valence electrons. The van der Waals surface area contributed by atoms with Gasteiger partial charge in [-0.25, -0.2) is 0 Å². The Morgan fingerprint density at radius 1 is 1.45 bits per heavy atom. The van der Waals surface area contributed by atoms with Gasteiger partial charge < -0.3 is 9.88 Å². The van der Waals surface area contributed by atoms with E-state index in [2.05, 4.69) is 18.3 Å². The molecule has 1 unspecified atom stereocenters. The van der Waals surface area contributed by atoms with Crippen LogP contribution in [0.3, 0.4) is 0 Å². The van der Waals surface area contributed by atoms with Gasteiger partial charge in [-0.3, -0.25) is 4.79 Å². The number of hydrogen-bond donors (Lipinski definition) is 1. The van der Waals surface area contributed by atoms with Gasteiger partial charge in [0.15, 0.2) is 0 Å². The van der Waals surface area contributed by atoms with E-state index in [1.165, 1.54) is 0 Å². The zero-order valence-electron chi connectivity index (χ0n) is 11.9. The molecule has 0 spiro atoms. The van der Waals surface area contributed by atoms with Gasteiger partial charge >= 0.3 is 0 Å². The molecule has 0 aliphatic rings. The molecule has 0 aliphatic carbocycles. The van der Waals surface area contributed by atoms with Crippen molar-refractivity contribution in [3.63, 3.8) is 0 Å². The molecule has 20 heavy (non-hydrogen) atoms. The first kappa shape index (κ1) is 14.1. The average Bonchev–Trinajstić information content (AvgIpc) is 2.81. The summed E-state index contributed by atoms with van der Waals surface area (Å²) < 4.78 is 1.88. The molecule has 1 atom stereocenters. The molecule has 1 heterocycles. The van der Waals surface area contributed by atoms with Crippen LogP contribution in [0.1, 0.15) is 32.3 Å². The number of hydrogen-bond acceptors (Lipinski definition) is 2. The van der Waals surface area contributed by atoms with Crippen molar-refractivity contribution in [3.05, 3.63) is 36.0 Å². The van der Waals surface area contributed by atoms with Gasteiger partial charge in [-0.05, 0) is 36.9 Å². The van der Waals surface area contributed by atoms with Crippen molar-refractivity contribution in [2.45, 2.75) is 39.3 Å². The maximum absolute atomic E-state index is 12.0. The number of nitrogens with one attached hydrogen (secondary N) is 1. The highest BCUT2D eigenvalue weighted by Crippen LogP contribution is 2.17. The summed E-state index contributed by atoms with van der Waals surface area (Å²) in [5.74, 6) is 0.00538. The van der Waals surface area contributed by atoms with Crippen LogP contribution >= 0.6 is 0 Å². The zero-order chi connectivity index (χ0) is 14.5. The van der Waals surface area contributed by atoms with Crippen LogP contribution < -0.4 is 5.32 Å². The van der Waals surface area contributed by atoms with Crippen LogP contribution in [0.25, 0.3) is 10.9 Å². The monoisotopic (exact) mass is 269 g/mol. The molecule has 0 saturated carbocycles. The standard InChI is InChI=1S/C16H19N3O/c1-3-4-12(2)18-16(20)11-19-8-7-14-6-5-13(10-17)9-15(14)19/h5-9,12H,3-4,11H2,1-2H3,(H,18,20). The van der Waals surface area contributed by atoms with E-state index in [-0.39, 0.29) is 18.5 Å². The van der Waals surface area contributed by atoms with Crippen molar-refractivity contribution in [2.75, 3.05) is 0 Å². The van der Waals surface area contributed by atoms with E-state index in [1.54, 1.807) is 6.07 Å². The SMILES string of the molecule is CCCC(C)NC(=O)Cn1ccc2ccc(C#N)cc21. The molecule has 0 saturated heterocycles. The van der Waals surface area contributed by atoms with E-state index in [4.69, 9.17) is 5.26 Å². The van der Waals surface area contributed by atoms with Crippen molar-refractivity contribution in [3.8, 4) is 6.07 Å². The second-order valence-corrected chi connectivity index (χ2v) is 5.09. The maximum atomic E-state index is 12.0. The summed E-state index contributed by atoms with van der Waals surface area (Å²) in [6.07, 6.45) is 3.92. The number of benzene rings is 1. The Hall–Kier alpha value is -2.28. The van der Waals surface area contributed by atoms with Gasteiger partial charge in [0.1, 0.15) is 6.54 Å². The lowest BCUT2D eigenvalue weighted by Crippen LogP contribution is -2.34. The summed E-state index contributed by atoms with van der Waals surface area (Å²) in [5.41, 5.74) is 1.53. The number of carbonyl (C=O) groups is 1. The molecular formula is C16H19N3O. The lowest BCUT2D eigenvalue weighted by Gasteiger charge is -2.13. The fraction of sp³-hybridized carbons (Fsp3) is 0.375. The van der Waals surface area contributed by atoms with Crippen LogP contribution in [-0.4, -0.2) is 16.5 Å². The fourth-order valence-electron chi connectivity index (χ4n) is 2.37. The van der Waals surface area contributed by atoms with Crippen LogP contribution in [0, 0.1) is 11.3 Å². The first-order valence-electron chi connectivity index (χ1n) is 6.92. The molecule has 1 amide bonds. The summed E-state index contributed by atoms with van der Waals surface area (Å²) in [6.45, 7) is 4.40. The third-order valence-corrected chi connectivity index (χ3v) is 3.35. The topological polar surface area (TPSA) is 57.8 Å². The molecule has 0 radical (unpaired) electrons. The van der Waals surface area contributed by atoms with Gasteiger partial charge in [-0.2, -0.15) is 5.26 Å². The number of aromatic nitrogens is 1. The van der Waals surface area contributed by atoms with Crippen molar-refractivity contribution >= 4 is 16.8 Å². The lowest BCUT2D eigenvalue weighted by molar-refractivity contribution is -0.122. The molecular weight excluding hydrogens is 250 g/mol. The van der Waals surface area contributed by atoms with Crippen LogP contribution in [0.5, 0.6) is 0 Å². The minimum absolute atomic E-state index is 0.00538. The molecule has 4 nitrogen and oxygen atoms in total. The number of amides is 1. The lowest BCUT2D eigenvalue weighted by atomic mass is 10.2. The predicted molar refractivity (Wildman–Crippen MR) is 79.2 cm³/mol. The van der Waals surface area contributed by atoms with Crippen LogP contribution in [0.15, 0.2) is 30.5 Å². The second kappa shape index (κ2) is 6.25. The van der Waals surface area contributed by atoms with Gasteiger partial charge in [-0.15, -0.1) is 0 Å². The van der Waals surface area contributed by atoms with Gasteiger partial charge in [0, 0.05) is 17.8 Å². The Bertz CT molecular complexity index is 651. The number of nitrogens with zero attached hydrogens (tertiary/aromatic N) is 2. The largest absolute Gasteiger partial charge is 0.352 e. The van der Waals surface area contributed by atoms with E-state index in [1.807, 2.05) is 35.9 Å². The zero-order valence-corrected chi connectivity index (χ0v) is 11.9. The third-order valence-electron chi connectivity index (χ3n) is 3.35. The first-order valence-corrected chi connectivity index (χ1v) is 6.92. The number of carbonyl (C=O) groups excluding carboxylic acids is 1. The predicted octanol–water partition coefficient (Wildman–Crippen LogP) is 2.82. The quantitative estimate of drug-likeness (QED) is 0.907. The summed E-state index contributed by atoms with van der Waals surface area (Å²) in [4.78, 5) is 12.0. The highest BCUT2D eigenvalue weighted by Gasteiger charge is 2.09. The van der Waals surface area contributed by atoms with Gasteiger partial charge in [0.25, 0.3) is 0 Å². The molecule has 2 aromatic rings. The molecule has 1 aromatic carbocycles. The highest BCUT2D eigenvalue weighted by atomic mass is 16.2. The van der Waals surface area contributed by atoms with Crippen LogP contribution in [-0.2, 0) is 11.3 Å². The Morgan fingerprint density at radius 3 is 2.95 bits per heavy atom. The van der Waals surface area contributed by atoms with Crippen LogP contribution in [0.4, 0.5) is 0 Å². The molecule has 0 bridgehead atoms. The van der Waals surface area contributed by atoms with E-state index in [0.717, 1.165) is 23.7 Å². The van der Waals surface area contributed by atoms with Crippen molar-refractivity contribution < 1.29 is 4.79 Å². The molecule has 1 N–H and O–H groups in total. The normalized spacial score (nSPS) is 12.1. The fourth-order valence-corrected chi connectivity index (χ4v) is 2.37. The molecule has 2 rings (SSSR count). The second-order valence-electron chi connectivity index (χ2n) is 5.09. The number of fused-ring (bicyclic) bond motifs is 1.